The van der Waals surface area contributed by atoms with E-state index in [1.54, 1.807) is 7.05 Å². The van der Waals surface area contributed by atoms with Crippen LogP contribution in [0.3, 0.4) is 0 Å². The maximum Gasteiger partial charge on any atom is 0.0643 e. The van der Waals surface area contributed by atoms with Crippen molar-refractivity contribution in [3.05, 3.63) is 71.1 Å². The molecule has 2 rings (SSSR count). The zero-order valence-corrected chi connectivity index (χ0v) is 14.1. The van der Waals surface area contributed by atoms with Crippen LogP contribution in [0.1, 0.15) is 29.3 Å². The molecule has 1 heterocycles. The molecule has 0 bridgehead atoms. The molecule has 0 spiro atoms. The summed E-state index contributed by atoms with van der Waals surface area (Å²) in [6.45, 7) is 8.11. The van der Waals surface area contributed by atoms with Gasteiger partial charge in [0.05, 0.1) is 5.71 Å². The molecule has 0 saturated carbocycles. The smallest absolute Gasteiger partial charge is 0.0643 e. The van der Waals surface area contributed by atoms with E-state index in [0.717, 1.165) is 22.7 Å². The number of anilines is 1. The monoisotopic (exact) mass is 295 g/mol. The predicted molar refractivity (Wildman–Crippen MR) is 96.6 cm³/mol. The molecule has 0 fully saturated rings. The van der Waals surface area contributed by atoms with Crippen molar-refractivity contribution in [1.29, 1.82) is 0 Å². The average Bonchev–Trinajstić information content (AvgIpc) is 2.51. The average molecular weight is 295 g/mol. The van der Waals surface area contributed by atoms with Gasteiger partial charge in [-0.1, -0.05) is 18.2 Å². The highest BCUT2D eigenvalue weighted by Gasteiger charge is 2.02. The highest BCUT2D eigenvalue weighted by Crippen LogP contribution is 2.14. The highest BCUT2D eigenvalue weighted by atomic mass is 14.7. The molecule has 1 aromatic carbocycles. The number of pyridine rings is 1. The number of hydrogen-bond acceptors (Lipinski definition) is 3. The van der Waals surface area contributed by atoms with E-state index < -0.39 is 0 Å². The van der Waals surface area contributed by atoms with E-state index in [1.807, 2.05) is 56.5 Å². The van der Waals surface area contributed by atoms with E-state index in [4.69, 9.17) is 5.73 Å². The third-order valence-electron chi connectivity index (χ3n) is 3.37. The van der Waals surface area contributed by atoms with Gasteiger partial charge in [-0.15, -0.1) is 0 Å². The molecular formula is C19H25N3. The Morgan fingerprint density at radius 1 is 1.14 bits per heavy atom. The Labute approximate surface area is 133 Å². The first-order chi connectivity index (χ1) is 10.5. The van der Waals surface area contributed by atoms with Gasteiger partial charge in [-0.2, -0.15) is 0 Å². The van der Waals surface area contributed by atoms with Gasteiger partial charge in [0.1, 0.15) is 0 Å². The van der Waals surface area contributed by atoms with Gasteiger partial charge in [-0.25, -0.2) is 0 Å². The summed E-state index contributed by atoms with van der Waals surface area (Å²) < 4.78 is 0. The third kappa shape index (κ3) is 5.17. The SMILES string of the molecule is C/C=C\C(=NC)c1cc(N)ccc1C.Cc1cccnc1C. The van der Waals surface area contributed by atoms with Crippen molar-refractivity contribution in [3.8, 4) is 0 Å². The molecule has 2 N–H and O–H groups in total. The van der Waals surface area contributed by atoms with Crippen molar-refractivity contribution >= 4 is 11.4 Å². The standard InChI is InChI=1S/C12H16N2.C7H9N/c1-4-5-12(14-3)11-8-10(13)7-6-9(11)2;1-6-4-3-5-8-7(6)2/h4-8H,13H2,1-3H3;3-5H,1-2H3/b5-4-,14-12?;. The van der Waals surface area contributed by atoms with Crippen molar-refractivity contribution in [2.45, 2.75) is 27.7 Å². The van der Waals surface area contributed by atoms with E-state index in [9.17, 15) is 0 Å². The number of aryl methyl sites for hydroxylation is 3. The zero-order valence-electron chi connectivity index (χ0n) is 14.1. The Bertz CT molecular complexity index is 649. The largest absolute Gasteiger partial charge is 0.399 e. The summed E-state index contributed by atoms with van der Waals surface area (Å²) in [5.41, 5.74) is 12.2. The Morgan fingerprint density at radius 3 is 2.36 bits per heavy atom. The van der Waals surface area contributed by atoms with Crippen LogP contribution in [0.5, 0.6) is 0 Å². The first-order valence-electron chi connectivity index (χ1n) is 7.33. The van der Waals surface area contributed by atoms with Crippen molar-refractivity contribution in [2.75, 3.05) is 12.8 Å². The quantitative estimate of drug-likeness (QED) is 0.664. The third-order valence-corrected chi connectivity index (χ3v) is 3.37. The lowest BCUT2D eigenvalue weighted by atomic mass is 10.0. The van der Waals surface area contributed by atoms with Gasteiger partial charge in [-0.3, -0.25) is 9.98 Å². The summed E-state index contributed by atoms with van der Waals surface area (Å²) in [4.78, 5) is 8.30. The zero-order chi connectivity index (χ0) is 16.5. The van der Waals surface area contributed by atoms with E-state index >= 15 is 0 Å². The van der Waals surface area contributed by atoms with Gasteiger partial charge in [-0.05, 0) is 63.1 Å². The molecule has 0 atom stereocenters. The van der Waals surface area contributed by atoms with Crippen LogP contribution in [-0.4, -0.2) is 17.7 Å². The first-order valence-corrected chi connectivity index (χ1v) is 7.33. The summed E-state index contributed by atoms with van der Waals surface area (Å²) in [7, 11) is 1.79. The topological polar surface area (TPSA) is 51.3 Å². The molecule has 0 amide bonds. The second-order valence-corrected chi connectivity index (χ2v) is 5.09. The fourth-order valence-corrected chi connectivity index (χ4v) is 1.92. The molecule has 22 heavy (non-hydrogen) atoms. The lowest BCUT2D eigenvalue weighted by Crippen LogP contribution is -2.01. The minimum absolute atomic E-state index is 0.774. The summed E-state index contributed by atoms with van der Waals surface area (Å²) in [5.74, 6) is 0. The molecule has 1 aromatic heterocycles. The Morgan fingerprint density at radius 2 is 1.86 bits per heavy atom. The number of rotatable bonds is 2. The summed E-state index contributed by atoms with van der Waals surface area (Å²) in [5, 5.41) is 0. The number of nitrogen functional groups attached to an aromatic ring is 1. The van der Waals surface area contributed by atoms with Gasteiger partial charge in [0.2, 0.25) is 0 Å². The minimum Gasteiger partial charge on any atom is -0.399 e. The molecular weight excluding hydrogens is 270 g/mol. The van der Waals surface area contributed by atoms with E-state index in [2.05, 4.69) is 29.9 Å². The number of aromatic nitrogens is 1. The molecule has 0 radical (unpaired) electrons. The molecule has 0 unspecified atom stereocenters. The van der Waals surface area contributed by atoms with Crippen LogP contribution in [0.4, 0.5) is 5.69 Å². The Balaban J connectivity index is 0.000000255. The Hall–Kier alpha value is -2.42. The van der Waals surface area contributed by atoms with E-state index in [0.29, 0.717) is 0 Å². The summed E-state index contributed by atoms with van der Waals surface area (Å²) >= 11 is 0. The number of nitrogens with zero attached hydrogens (tertiary/aromatic N) is 2. The predicted octanol–water partition coefficient (Wildman–Crippen LogP) is 4.27. The second kappa shape index (κ2) is 8.78. The molecule has 3 nitrogen and oxygen atoms in total. The number of benzene rings is 1. The molecule has 3 heteroatoms. The van der Waals surface area contributed by atoms with Crippen molar-refractivity contribution in [2.24, 2.45) is 4.99 Å². The fraction of sp³-hybridized carbons (Fsp3) is 0.263. The highest BCUT2D eigenvalue weighted by molar-refractivity contribution is 6.10. The number of aliphatic imine (C=N–C) groups is 1. The van der Waals surface area contributed by atoms with Crippen LogP contribution in [-0.2, 0) is 0 Å². The lowest BCUT2D eigenvalue weighted by molar-refractivity contribution is 1.15. The van der Waals surface area contributed by atoms with Crippen LogP contribution in [0.15, 0.2) is 53.7 Å². The van der Waals surface area contributed by atoms with Crippen LogP contribution < -0.4 is 5.73 Å². The fourth-order valence-electron chi connectivity index (χ4n) is 1.92. The normalized spacial score (nSPS) is 11.2. The van der Waals surface area contributed by atoms with Crippen LogP contribution in [0.2, 0.25) is 0 Å². The number of nitrogens with two attached hydrogens (primary N) is 1. The molecule has 0 aliphatic carbocycles. The first kappa shape index (κ1) is 17.6. The summed E-state index contributed by atoms with van der Waals surface area (Å²) in [6.07, 6.45) is 5.77. The molecule has 2 aromatic rings. The maximum absolute atomic E-state index is 5.74. The molecule has 0 aliphatic heterocycles. The van der Waals surface area contributed by atoms with E-state index in [1.165, 1.54) is 11.1 Å². The van der Waals surface area contributed by atoms with Crippen LogP contribution >= 0.6 is 0 Å². The van der Waals surface area contributed by atoms with Gasteiger partial charge >= 0.3 is 0 Å². The summed E-state index contributed by atoms with van der Waals surface area (Å²) in [6, 6.07) is 9.88. The molecule has 0 saturated heterocycles. The van der Waals surface area contributed by atoms with Gasteiger partial charge in [0.25, 0.3) is 0 Å². The van der Waals surface area contributed by atoms with E-state index in [-0.39, 0.29) is 0 Å². The molecule has 0 aliphatic rings. The minimum atomic E-state index is 0.774. The van der Waals surface area contributed by atoms with Gasteiger partial charge in [0.15, 0.2) is 0 Å². The van der Waals surface area contributed by atoms with Crippen molar-refractivity contribution in [1.82, 2.24) is 4.98 Å². The van der Waals surface area contributed by atoms with Crippen molar-refractivity contribution < 1.29 is 0 Å². The second-order valence-electron chi connectivity index (χ2n) is 5.09. The number of allylic oxidation sites excluding steroid dienone is 2. The number of hydrogen-bond donors (Lipinski definition) is 1. The Kier molecular flexibility index (Phi) is 7.03. The lowest BCUT2D eigenvalue weighted by Gasteiger charge is -2.06. The van der Waals surface area contributed by atoms with Crippen LogP contribution in [0, 0.1) is 20.8 Å². The van der Waals surface area contributed by atoms with Crippen molar-refractivity contribution in [3.63, 3.8) is 0 Å². The molecule has 116 valence electrons. The van der Waals surface area contributed by atoms with Gasteiger partial charge in [0, 0.05) is 30.2 Å². The maximum atomic E-state index is 5.74. The van der Waals surface area contributed by atoms with Gasteiger partial charge < -0.3 is 5.73 Å². The van der Waals surface area contributed by atoms with Crippen LogP contribution in [0.25, 0.3) is 0 Å².